The minimum atomic E-state index is -0.216. The number of rotatable bonds is 3. The van der Waals surface area contributed by atoms with Gasteiger partial charge in [-0.25, -0.2) is 0 Å². The average molecular weight is 956 g/mol. The zero-order chi connectivity index (χ0) is 50.6. The summed E-state index contributed by atoms with van der Waals surface area (Å²) in [6, 6.07) is 54.0. The van der Waals surface area contributed by atoms with Crippen LogP contribution in [-0.4, -0.2) is 22.4 Å². The zero-order valence-corrected chi connectivity index (χ0v) is 45.8. The lowest BCUT2D eigenvalue weighted by molar-refractivity contribution is 0.195. The minimum Gasteiger partial charge on any atom is -0.335 e. The smallest absolute Gasteiger partial charge is 0.252 e. The summed E-state index contributed by atoms with van der Waals surface area (Å²) in [6.07, 6.45) is 9.55. The van der Waals surface area contributed by atoms with Gasteiger partial charge in [0, 0.05) is 55.6 Å². The van der Waals surface area contributed by atoms with Crippen molar-refractivity contribution >= 4 is 67.7 Å². The molecule has 2 fully saturated rings. The molecule has 8 aromatic rings. The number of nitrogens with zero attached hydrogens (tertiary/aromatic N) is 3. The SMILES string of the molecule is CC(C)(C)c1ccc2c(c1)C1(c3ccccc3)CCCCC1(C)N2c1cc2c3c(c1)-n1c4ccc(C(C)(C)C)cc4c4cc(C(C)(C)C)cc(c41)B3c1cc(-c3ccccc3)cc3c1N2C1(C)CCCCC31C. The van der Waals surface area contributed by atoms with Gasteiger partial charge in [0.2, 0.25) is 0 Å². The molecule has 0 radical (unpaired) electrons. The molecule has 4 atom stereocenters. The van der Waals surface area contributed by atoms with Gasteiger partial charge in [-0.1, -0.05) is 186 Å². The molecule has 0 saturated heterocycles. The number of hydrogen-bond acceptors (Lipinski definition) is 2. The molecule has 6 aliphatic rings. The Labute approximate surface area is 436 Å². The molecule has 4 aliphatic heterocycles. The number of anilines is 4. The van der Waals surface area contributed by atoms with Gasteiger partial charge in [0.25, 0.3) is 6.71 Å². The van der Waals surface area contributed by atoms with E-state index >= 15 is 0 Å². The summed E-state index contributed by atoms with van der Waals surface area (Å²) in [4.78, 5) is 5.87. The van der Waals surface area contributed by atoms with E-state index in [4.69, 9.17) is 0 Å². The first-order valence-corrected chi connectivity index (χ1v) is 28.1. The van der Waals surface area contributed by atoms with E-state index in [1.165, 1.54) is 138 Å². The molecule has 0 spiro atoms. The fourth-order valence-corrected chi connectivity index (χ4v) is 16.3. The van der Waals surface area contributed by atoms with Gasteiger partial charge in [-0.15, -0.1) is 0 Å². The van der Waals surface area contributed by atoms with Gasteiger partial charge in [0.15, 0.2) is 0 Å². The van der Waals surface area contributed by atoms with Gasteiger partial charge in [-0.3, -0.25) is 0 Å². The van der Waals surface area contributed by atoms with Gasteiger partial charge in [0.05, 0.1) is 16.6 Å². The van der Waals surface area contributed by atoms with Crippen LogP contribution in [0.5, 0.6) is 0 Å². The lowest BCUT2D eigenvalue weighted by Crippen LogP contribution is -2.64. The fraction of sp³-hybridized carbons (Fsp3) is 0.391. The van der Waals surface area contributed by atoms with Gasteiger partial charge < -0.3 is 14.4 Å². The predicted molar refractivity (Wildman–Crippen MR) is 312 cm³/mol. The Balaban J connectivity index is 1.15. The van der Waals surface area contributed by atoms with Crippen LogP contribution in [0.4, 0.5) is 22.7 Å². The molecule has 2 saturated carbocycles. The van der Waals surface area contributed by atoms with Crippen molar-refractivity contribution in [3.63, 3.8) is 0 Å². The molecular formula is C69H74BN3. The van der Waals surface area contributed by atoms with Crippen molar-refractivity contribution < 1.29 is 0 Å². The Hall–Kier alpha value is -6.00. The topological polar surface area (TPSA) is 11.4 Å². The minimum absolute atomic E-state index is 0.0103. The maximum absolute atomic E-state index is 2.97. The average Bonchev–Trinajstić information content (AvgIpc) is 3.90. The van der Waals surface area contributed by atoms with Crippen LogP contribution in [0.25, 0.3) is 38.6 Å². The number of aromatic nitrogens is 1. The maximum atomic E-state index is 2.97. The van der Waals surface area contributed by atoms with Crippen LogP contribution in [0.3, 0.4) is 0 Å². The van der Waals surface area contributed by atoms with Crippen molar-refractivity contribution in [1.82, 2.24) is 4.57 Å². The second-order valence-electron chi connectivity index (χ2n) is 27.4. The third-order valence-corrected chi connectivity index (χ3v) is 20.4. The fourth-order valence-electron chi connectivity index (χ4n) is 16.3. The maximum Gasteiger partial charge on any atom is 0.252 e. The van der Waals surface area contributed by atoms with Crippen molar-refractivity contribution in [2.24, 2.45) is 0 Å². The number of fused-ring (bicyclic) bond motifs is 13. The second-order valence-corrected chi connectivity index (χ2v) is 27.4. The molecule has 5 heterocycles. The molecule has 368 valence electrons. The molecule has 2 aliphatic carbocycles. The van der Waals surface area contributed by atoms with Gasteiger partial charge in [-0.2, -0.15) is 0 Å². The Morgan fingerprint density at radius 3 is 1.79 bits per heavy atom. The molecule has 7 aromatic carbocycles. The van der Waals surface area contributed by atoms with E-state index in [9.17, 15) is 0 Å². The van der Waals surface area contributed by atoms with Crippen LogP contribution in [0.1, 0.15) is 168 Å². The van der Waals surface area contributed by atoms with Gasteiger partial charge >= 0.3 is 0 Å². The first kappa shape index (κ1) is 45.6. The molecular weight excluding hydrogens is 882 g/mol. The summed E-state index contributed by atoms with van der Waals surface area (Å²) in [5, 5.41) is 2.75. The van der Waals surface area contributed by atoms with Crippen molar-refractivity contribution in [2.75, 3.05) is 9.80 Å². The summed E-state index contributed by atoms with van der Waals surface area (Å²) >= 11 is 0. The summed E-state index contributed by atoms with van der Waals surface area (Å²) < 4.78 is 2.76. The summed E-state index contributed by atoms with van der Waals surface area (Å²) in [7, 11) is 0. The molecule has 4 unspecified atom stereocenters. The molecule has 3 nitrogen and oxygen atoms in total. The highest BCUT2D eigenvalue weighted by molar-refractivity contribution is 7.00. The van der Waals surface area contributed by atoms with Crippen molar-refractivity contribution in [3.05, 3.63) is 167 Å². The highest BCUT2D eigenvalue weighted by Crippen LogP contribution is 2.66. The van der Waals surface area contributed by atoms with E-state index < -0.39 is 0 Å². The van der Waals surface area contributed by atoms with Crippen LogP contribution in [0.15, 0.2) is 133 Å². The summed E-state index contributed by atoms with van der Waals surface area (Å²) in [6.45, 7) is 29.5. The Morgan fingerprint density at radius 1 is 0.466 bits per heavy atom. The van der Waals surface area contributed by atoms with Crippen molar-refractivity contribution in [1.29, 1.82) is 0 Å². The third kappa shape index (κ3) is 5.80. The molecule has 4 heteroatoms. The highest BCUT2D eigenvalue weighted by atomic mass is 15.3. The second kappa shape index (κ2) is 14.6. The predicted octanol–water partition coefficient (Wildman–Crippen LogP) is 16.0. The van der Waals surface area contributed by atoms with Gasteiger partial charge in [0.1, 0.15) is 0 Å². The Bertz CT molecular complexity index is 3650. The van der Waals surface area contributed by atoms with Crippen LogP contribution >= 0.6 is 0 Å². The van der Waals surface area contributed by atoms with Crippen molar-refractivity contribution in [3.8, 4) is 16.8 Å². The normalized spacial score (nSPS) is 24.7. The third-order valence-electron chi connectivity index (χ3n) is 20.4. The van der Waals surface area contributed by atoms with Crippen LogP contribution < -0.4 is 26.2 Å². The molecule has 1 aromatic heterocycles. The first-order chi connectivity index (χ1) is 34.7. The van der Waals surface area contributed by atoms with Gasteiger partial charge in [-0.05, 0) is 159 Å². The van der Waals surface area contributed by atoms with E-state index in [0.29, 0.717) is 0 Å². The Kier molecular flexibility index (Phi) is 9.15. The van der Waals surface area contributed by atoms with E-state index in [1.807, 2.05) is 0 Å². The number of hydrogen-bond donors (Lipinski definition) is 0. The van der Waals surface area contributed by atoms with Crippen LogP contribution in [0.2, 0.25) is 0 Å². The molecule has 0 bridgehead atoms. The zero-order valence-electron chi connectivity index (χ0n) is 45.8. The number of benzene rings is 7. The standard InChI is InChI=1S/C69H74BN3/c1-63(2,3)46-27-29-56-50(37-46)51-38-48(65(7,8)9)40-55-61(51)71(56)58-41-49(72-57-30-28-47(64(4,5)6)39-52(57)69(45-25-17-14-18-26-45)34-22-21-33-68(69,72)12)42-59-60(58)70(55)54-36-44(43-23-15-13-16-24-43)35-53-62(54)73(59)67(11)32-20-19-31-66(53,67)10/h13-18,23-30,35-42H,19-22,31-34H2,1-12H3. The summed E-state index contributed by atoms with van der Waals surface area (Å²) in [5.41, 5.74) is 24.9. The highest BCUT2D eigenvalue weighted by Gasteiger charge is 2.64. The van der Waals surface area contributed by atoms with Crippen molar-refractivity contribution in [2.45, 2.75) is 173 Å². The first-order valence-electron chi connectivity index (χ1n) is 28.1. The lowest BCUT2D eigenvalue weighted by atomic mass is 9.33. The van der Waals surface area contributed by atoms with E-state index in [2.05, 4.69) is 231 Å². The Morgan fingerprint density at radius 2 is 1.08 bits per heavy atom. The molecule has 0 amide bonds. The molecule has 0 N–H and O–H groups in total. The molecule has 14 rings (SSSR count). The molecule has 73 heavy (non-hydrogen) atoms. The van der Waals surface area contributed by atoms with E-state index in [-0.39, 0.29) is 44.9 Å². The quantitative estimate of drug-likeness (QED) is 0.164. The summed E-state index contributed by atoms with van der Waals surface area (Å²) in [5.74, 6) is 0. The van der Waals surface area contributed by atoms with Crippen LogP contribution in [0, 0.1) is 0 Å². The largest absolute Gasteiger partial charge is 0.335 e. The monoisotopic (exact) mass is 956 g/mol. The van der Waals surface area contributed by atoms with E-state index in [1.54, 1.807) is 5.56 Å². The lowest BCUT2D eigenvalue weighted by Gasteiger charge is -2.54. The van der Waals surface area contributed by atoms with Crippen LogP contribution in [-0.2, 0) is 27.1 Å². The van der Waals surface area contributed by atoms with E-state index in [0.717, 1.165) is 19.3 Å².